The smallest absolute Gasteiger partial charge is 0.340 e. The Morgan fingerprint density at radius 1 is 0.812 bits per heavy atom. The highest BCUT2D eigenvalue weighted by Gasteiger charge is 2.19. The quantitative estimate of drug-likeness (QED) is 0.642. The molecule has 16 heavy (non-hydrogen) atoms. The first-order chi connectivity index (χ1) is 7.84. The molecular formula is C8H16N2O5S. The zero-order valence-electron chi connectivity index (χ0n) is 9.00. The molecule has 0 saturated carbocycles. The van der Waals surface area contributed by atoms with Gasteiger partial charge in [-0.2, -0.15) is 22.9 Å². The standard InChI is InChI=1S/C8H16N2O5S/c11-16(14-9-1-5-12-6-2-9)15-10-3-7-13-8-4-10/h1-8H2. The molecule has 2 saturated heterocycles. The molecule has 0 radical (unpaired) electrons. The molecule has 2 rings (SSSR count). The maximum absolute atomic E-state index is 11.5. The number of ether oxygens (including phenoxy) is 2. The van der Waals surface area contributed by atoms with Crippen LogP contribution in [0.4, 0.5) is 0 Å². The van der Waals surface area contributed by atoms with Gasteiger partial charge >= 0.3 is 11.4 Å². The van der Waals surface area contributed by atoms with Gasteiger partial charge in [-0.05, 0) is 0 Å². The molecule has 0 aromatic carbocycles. The third kappa shape index (κ3) is 4.06. The number of hydroxylamine groups is 4. The molecule has 0 spiro atoms. The van der Waals surface area contributed by atoms with Crippen molar-refractivity contribution in [1.82, 2.24) is 10.1 Å². The minimum atomic E-state index is -1.77. The first-order valence-corrected chi connectivity index (χ1v) is 6.28. The number of hydrogen-bond donors (Lipinski definition) is 0. The van der Waals surface area contributed by atoms with Crippen molar-refractivity contribution in [2.45, 2.75) is 0 Å². The van der Waals surface area contributed by atoms with Crippen LogP contribution in [-0.2, 0) is 29.4 Å². The fourth-order valence-electron chi connectivity index (χ4n) is 1.43. The van der Waals surface area contributed by atoms with Gasteiger partial charge in [-0.1, -0.05) is 0 Å². The largest absolute Gasteiger partial charge is 0.379 e. The molecule has 0 aliphatic carbocycles. The zero-order chi connectivity index (χ0) is 11.2. The van der Waals surface area contributed by atoms with E-state index in [2.05, 4.69) is 0 Å². The Kier molecular flexibility index (Phi) is 5.10. The van der Waals surface area contributed by atoms with Crippen molar-refractivity contribution < 1.29 is 22.3 Å². The summed E-state index contributed by atoms with van der Waals surface area (Å²) in [4.78, 5) is 0. The fraction of sp³-hybridized carbons (Fsp3) is 1.00. The predicted octanol–water partition coefficient (Wildman–Crippen LogP) is -0.907. The highest BCUT2D eigenvalue weighted by Crippen LogP contribution is 2.05. The van der Waals surface area contributed by atoms with E-state index in [1.54, 1.807) is 10.1 Å². The summed E-state index contributed by atoms with van der Waals surface area (Å²) in [7, 11) is 0. The van der Waals surface area contributed by atoms with Crippen LogP contribution in [0.25, 0.3) is 0 Å². The van der Waals surface area contributed by atoms with Crippen LogP contribution in [0, 0.1) is 0 Å². The number of morpholine rings is 2. The van der Waals surface area contributed by atoms with E-state index < -0.39 is 11.4 Å². The van der Waals surface area contributed by atoms with E-state index in [9.17, 15) is 4.21 Å². The van der Waals surface area contributed by atoms with Gasteiger partial charge in [-0.15, -0.1) is 0 Å². The topological polar surface area (TPSA) is 60.5 Å². The van der Waals surface area contributed by atoms with Crippen molar-refractivity contribution in [3.05, 3.63) is 0 Å². The van der Waals surface area contributed by atoms with Gasteiger partial charge in [0.1, 0.15) is 0 Å². The summed E-state index contributed by atoms with van der Waals surface area (Å²) >= 11 is -1.77. The van der Waals surface area contributed by atoms with E-state index in [4.69, 9.17) is 18.0 Å². The fourth-order valence-corrected chi connectivity index (χ4v) is 2.10. The van der Waals surface area contributed by atoms with E-state index in [0.717, 1.165) is 0 Å². The van der Waals surface area contributed by atoms with Gasteiger partial charge in [0.2, 0.25) is 0 Å². The lowest BCUT2D eigenvalue weighted by molar-refractivity contribution is -0.151. The van der Waals surface area contributed by atoms with Crippen LogP contribution >= 0.6 is 0 Å². The van der Waals surface area contributed by atoms with Crippen molar-refractivity contribution in [3.63, 3.8) is 0 Å². The second-order valence-corrected chi connectivity index (χ2v) is 4.14. The molecule has 2 aliphatic rings. The molecule has 0 atom stereocenters. The average Bonchev–Trinajstić information content (AvgIpc) is 2.31. The van der Waals surface area contributed by atoms with Crippen molar-refractivity contribution in [2.24, 2.45) is 0 Å². The first-order valence-electron chi connectivity index (χ1n) is 5.28. The third-order valence-corrected chi connectivity index (χ3v) is 2.94. The predicted molar refractivity (Wildman–Crippen MR) is 55.1 cm³/mol. The molecule has 2 fully saturated rings. The maximum atomic E-state index is 11.5. The Bertz CT molecular complexity index is 208. The lowest BCUT2D eigenvalue weighted by Gasteiger charge is -2.27. The molecule has 7 nitrogen and oxygen atoms in total. The Morgan fingerprint density at radius 2 is 1.19 bits per heavy atom. The highest BCUT2D eigenvalue weighted by atomic mass is 32.2. The van der Waals surface area contributed by atoms with E-state index in [1.807, 2.05) is 0 Å². The van der Waals surface area contributed by atoms with Crippen molar-refractivity contribution in [2.75, 3.05) is 52.6 Å². The van der Waals surface area contributed by atoms with Crippen LogP contribution in [0.5, 0.6) is 0 Å². The minimum Gasteiger partial charge on any atom is -0.379 e. The van der Waals surface area contributed by atoms with Crippen LogP contribution in [0.2, 0.25) is 0 Å². The second kappa shape index (κ2) is 6.60. The Labute approximate surface area is 97.0 Å². The molecule has 8 heteroatoms. The molecule has 0 amide bonds. The summed E-state index contributed by atoms with van der Waals surface area (Å²) in [5.74, 6) is 0. The molecule has 0 aromatic heterocycles. The van der Waals surface area contributed by atoms with Crippen molar-refractivity contribution in [1.29, 1.82) is 0 Å². The lowest BCUT2D eigenvalue weighted by Crippen LogP contribution is -2.40. The maximum Gasteiger partial charge on any atom is 0.340 e. The molecule has 0 aromatic rings. The van der Waals surface area contributed by atoms with Crippen LogP contribution < -0.4 is 0 Å². The Morgan fingerprint density at radius 3 is 1.56 bits per heavy atom. The molecular weight excluding hydrogens is 236 g/mol. The van der Waals surface area contributed by atoms with E-state index in [-0.39, 0.29) is 0 Å². The van der Waals surface area contributed by atoms with Gasteiger partial charge in [0.15, 0.2) is 0 Å². The normalized spacial score (nSPS) is 25.1. The molecule has 0 N–H and O–H groups in total. The van der Waals surface area contributed by atoms with Gasteiger partial charge in [0.25, 0.3) is 0 Å². The van der Waals surface area contributed by atoms with Gasteiger partial charge in [0, 0.05) is 26.2 Å². The highest BCUT2D eigenvalue weighted by molar-refractivity contribution is 7.75. The molecule has 2 aliphatic heterocycles. The summed E-state index contributed by atoms with van der Waals surface area (Å²) in [5, 5.41) is 3.19. The molecule has 0 bridgehead atoms. The van der Waals surface area contributed by atoms with E-state index >= 15 is 0 Å². The van der Waals surface area contributed by atoms with Crippen LogP contribution in [0.3, 0.4) is 0 Å². The molecule has 94 valence electrons. The number of rotatable bonds is 4. The summed E-state index contributed by atoms with van der Waals surface area (Å²) in [6.45, 7) is 4.81. The first kappa shape index (κ1) is 12.4. The van der Waals surface area contributed by atoms with Crippen LogP contribution in [0.1, 0.15) is 0 Å². The van der Waals surface area contributed by atoms with Gasteiger partial charge < -0.3 is 9.47 Å². The molecule has 2 heterocycles. The van der Waals surface area contributed by atoms with Crippen molar-refractivity contribution >= 4 is 11.4 Å². The lowest BCUT2D eigenvalue weighted by atomic mass is 10.5. The second-order valence-electron chi connectivity index (χ2n) is 3.44. The SMILES string of the molecule is O=S(ON1CCOCC1)ON1CCOCC1. The minimum absolute atomic E-state index is 0.592. The summed E-state index contributed by atoms with van der Waals surface area (Å²) < 4.78 is 32.0. The monoisotopic (exact) mass is 252 g/mol. The van der Waals surface area contributed by atoms with E-state index in [0.29, 0.717) is 52.6 Å². The Hall–Kier alpha value is -0.0900. The van der Waals surface area contributed by atoms with E-state index in [1.165, 1.54) is 0 Å². The average molecular weight is 252 g/mol. The number of hydrogen-bond acceptors (Lipinski definition) is 7. The third-order valence-electron chi connectivity index (χ3n) is 2.27. The summed E-state index contributed by atoms with van der Waals surface area (Å²) in [5.41, 5.74) is 0. The van der Waals surface area contributed by atoms with Gasteiger partial charge in [0.05, 0.1) is 26.4 Å². The summed E-state index contributed by atoms with van der Waals surface area (Å²) in [6.07, 6.45) is 0. The van der Waals surface area contributed by atoms with Crippen LogP contribution in [0.15, 0.2) is 0 Å². The zero-order valence-corrected chi connectivity index (χ0v) is 9.82. The van der Waals surface area contributed by atoms with Crippen molar-refractivity contribution in [3.8, 4) is 0 Å². The van der Waals surface area contributed by atoms with Gasteiger partial charge in [-0.25, -0.2) is 0 Å². The number of nitrogens with zero attached hydrogens (tertiary/aromatic N) is 2. The molecule has 0 unspecified atom stereocenters. The Balaban J connectivity index is 1.66. The summed E-state index contributed by atoms with van der Waals surface area (Å²) in [6, 6.07) is 0. The van der Waals surface area contributed by atoms with Gasteiger partial charge in [-0.3, -0.25) is 0 Å². The van der Waals surface area contributed by atoms with Crippen LogP contribution in [-0.4, -0.2) is 66.9 Å².